The molecule has 0 aliphatic rings. The molecule has 0 bridgehead atoms. The lowest BCUT2D eigenvalue weighted by Crippen LogP contribution is -2.43. The van der Waals surface area contributed by atoms with Gasteiger partial charge in [0.2, 0.25) is 0 Å². The van der Waals surface area contributed by atoms with Crippen LogP contribution in [0.4, 0.5) is 4.79 Å². The zero-order valence-electron chi connectivity index (χ0n) is 12.8. The van der Waals surface area contributed by atoms with Gasteiger partial charge in [0.05, 0.1) is 12.6 Å². The number of nitrogens with one attached hydrogen (secondary N) is 1. The van der Waals surface area contributed by atoms with Crippen LogP contribution in [0.25, 0.3) is 0 Å². The fourth-order valence-electron chi connectivity index (χ4n) is 2.39. The molecule has 4 nitrogen and oxygen atoms in total. The summed E-state index contributed by atoms with van der Waals surface area (Å²) < 4.78 is 0. The molecule has 0 fully saturated rings. The molecule has 0 aliphatic heterocycles. The summed E-state index contributed by atoms with van der Waals surface area (Å²) in [7, 11) is 0. The first-order valence-electron chi connectivity index (χ1n) is 7.52. The highest BCUT2D eigenvalue weighted by molar-refractivity contribution is 5.75. The van der Waals surface area contributed by atoms with Crippen molar-refractivity contribution in [1.29, 1.82) is 0 Å². The Kier molecular flexibility index (Phi) is 5.98. The number of aliphatic hydroxyl groups excluding tert-OH is 1. The van der Waals surface area contributed by atoms with E-state index in [1.807, 2.05) is 67.6 Å². The van der Waals surface area contributed by atoms with Crippen molar-refractivity contribution >= 4 is 6.03 Å². The Balaban J connectivity index is 2.24. The summed E-state index contributed by atoms with van der Waals surface area (Å²) in [5, 5.41) is 12.1. The van der Waals surface area contributed by atoms with Crippen LogP contribution in [0.3, 0.4) is 0 Å². The van der Waals surface area contributed by atoms with E-state index in [1.165, 1.54) is 0 Å². The van der Waals surface area contributed by atoms with Gasteiger partial charge in [0, 0.05) is 13.1 Å². The van der Waals surface area contributed by atoms with Crippen molar-refractivity contribution in [2.24, 2.45) is 0 Å². The molecular weight excluding hydrogens is 276 g/mol. The molecule has 2 N–H and O–H groups in total. The average Bonchev–Trinajstić information content (AvgIpc) is 2.59. The van der Waals surface area contributed by atoms with Gasteiger partial charge in [-0.2, -0.15) is 0 Å². The van der Waals surface area contributed by atoms with E-state index >= 15 is 0 Å². The van der Waals surface area contributed by atoms with E-state index in [1.54, 1.807) is 4.90 Å². The standard InChI is InChI=1S/C18H22N2O2/c1-2-20(13-14-21)18(22)19-17(15-9-5-3-6-10-15)16-11-7-4-8-12-16/h3-12,17,21H,2,13-14H2,1H3,(H,19,22). The van der Waals surface area contributed by atoms with Gasteiger partial charge in [-0.1, -0.05) is 60.7 Å². The summed E-state index contributed by atoms with van der Waals surface area (Å²) >= 11 is 0. The first-order chi connectivity index (χ1) is 10.8. The first-order valence-corrected chi connectivity index (χ1v) is 7.52. The SMILES string of the molecule is CCN(CCO)C(=O)NC(c1ccccc1)c1ccccc1. The van der Waals surface area contributed by atoms with Crippen molar-refractivity contribution in [2.75, 3.05) is 19.7 Å². The second-order valence-corrected chi connectivity index (χ2v) is 5.01. The predicted molar refractivity (Wildman–Crippen MR) is 87.6 cm³/mol. The van der Waals surface area contributed by atoms with Gasteiger partial charge in [0.1, 0.15) is 0 Å². The van der Waals surface area contributed by atoms with Gasteiger partial charge in [-0.25, -0.2) is 4.79 Å². The quantitative estimate of drug-likeness (QED) is 0.861. The number of amides is 2. The normalized spacial score (nSPS) is 10.5. The highest BCUT2D eigenvalue weighted by Crippen LogP contribution is 2.21. The van der Waals surface area contributed by atoms with Gasteiger partial charge in [0.15, 0.2) is 0 Å². The first kappa shape index (κ1) is 16.0. The maximum atomic E-state index is 12.4. The minimum absolute atomic E-state index is 0.0391. The summed E-state index contributed by atoms with van der Waals surface area (Å²) in [6.07, 6.45) is 0. The molecule has 0 atom stereocenters. The number of carbonyl (C=O) groups excluding carboxylic acids is 1. The third-order valence-corrected chi connectivity index (χ3v) is 3.57. The molecule has 0 spiro atoms. The molecule has 116 valence electrons. The minimum atomic E-state index is -0.206. The van der Waals surface area contributed by atoms with Crippen molar-refractivity contribution in [1.82, 2.24) is 10.2 Å². The number of urea groups is 1. The van der Waals surface area contributed by atoms with Crippen LogP contribution in [0, 0.1) is 0 Å². The lowest BCUT2D eigenvalue weighted by molar-refractivity contribution is 0.178. The summed E-state index contributed by atoms with van der Waals surface area (Å²) in [5.74, 6) is 0. The summed E-state index contributed by atoms with van der Waals surface area (Å²) in [5.41, 5.74) is 2.06. The zero-order chi connectivity index (χ0) is 15.8. The summed E-state index contributed by atoms with van der Waals surface area (Å²) in [6.45, 7) is 2.75. The number of benzene rings is 2. The van der Waals surface area contributed by atoms with E-state index in [2.05, 4.69) is 5.32 Å². The van der Waals surface area contributed by atoms with Gasteiger partial charge >= 0.3 is 6.03 Å². The Morgan fingerprint density at radius 1 is 1.05 bits per heavy atom. The molecule has 0 saturated heterocycles. The van der Waals surface area contributed by atoms with E-state index in [9.17, 15) is 4.79 Å². The van der Waals surface area contributed by atoms with Gasteiger partial charge in [-0.3, -0.25) is 0 Å². The van der Waals surface area contributed by atoms with Gasteiger partial charge in [0.25, 0.3) is 0 Å². The van der Waals surface area contributed by atoms with Crippen LogP contribution in [0.2, 0.25) is 0 Å². The molecule has 2 aromatic carbocycles. The third-order valence-electron chi connectivity index (χ3n) is 3.57. The number of aliphatic hydroxyl groups is 1. The number of likely N-dealkylation sites (N-methyl/N-ethyl adjacent to an activating group) is 1. The molecule has 22 heavy (non-hydrogen) atoms. The molecule has 0 heterocycles. The van der Waals surface area contributed by atoms with Gasteiger partial charge in [-0.15, -0.1) is 0 Å². The third kappa shape index (κ3) is 4.09. The minimum Gasteiger partial charge on any atom is -0.395 e. The Morgan fingerprint density at radius 3 is 1.95 bits per heavy atom. The van der Waals surface area contributed by atoms with Crippen LogP contribution in [0.5, 0.6) is 0 Å². The van der Waals surface area contributed by atoms with Crippen LogP contribution in [-0.4, -0.2) is 35.7 Å². The van der Waals surface area contributed by atoms with E-state index in [-0.39, 0.29) is 18.7 Å². The topological polar surface area (TPSA) is 52.6 Å². The second-order valence-electron chi connectivity index (χ2n) is 5.01. The van der Waals surface area contributed by atoms with Crippen molar-refractivity contribution in [2.45, 2.75) is 13.0 Å². The van der Waals surface area contributed by atoms with Gasteiger partial charge < -0.3 is 15.3 Å². The van der Waals surface area contributed by atoms with E-state index in [0.717, 1.165) is 11.1 Å². The lowest BCUT2D eigenvalue weighted by Gasteiger charge is -2.25. The van der Waals surface area contributed by atoms with Crippen LogP contribution in [0.15, 0.2) is 60.7 Å². The Morgan fingerprint density at radius 2 is 1.55 bits per heavy atom. The predicted octanol–water partition coefficient (Wildman–Crippen LogP) is 2.80. The number of nitrogens with zero attached hydrogens (tertiary/aromatic N) is 1. The lowest BCUT2D eigenvalue weighted by atomic mass is 9.99. The summed E-state index contributed by atoms with van der Waals surface area (Å²) in [4.78, 5) is 14.0. The molecule has 0 unspecified atom stereocenters. The monoisotopic (exact) mass is 298 g/mol. The number of carbonyl (C=O) groups is 1. The van der Waals surface area contributed by atoms with Crippen molar-refractivity contribution < 1.29 is 9.90 Å². The smallest absolute Gasteiger partial charge is 0.318 e. The van der Waals surface area contributed by atoms with E-state index in [4.69, 9.17) is 5.11 Å². The molecule has 0 aliphatic carbocycles. The van der Waals surface area contributed by atoms with E-state index in [0.29, 0.717) is 13.1 Å². The highest BCUT2D eigenvalue weighted by Gasteiger charge is 2.19. The molecule has 0 saturated carbocycles. The van der Waals surface area contributed by atoms with Crippen LogP contribution in [0.1, 0.15) is 24.1 Å². The molecule has 0 radical (unpaired) electrons. The van der Waals surface area contributed by atoms with Crippen LogP contribution in [-0.2, 0) is 0 Å². The number of hydrogen-bond acceptors (Lipinski definition) is 2. The fourth-order valence-corrected chi connectivity index (χ4v) is 2.39. The van der Waals surface area contributed by atoms with Crippen molar-refractivity contribution in [3.05, 3.63) is 71.8 Å². The number of hydrogen-bond donors (Lipinski definition) is 2. The van der Waals surface area contributed by atoms with Crippen molar-refractivity contribution in [3.63, 3.8) is 0 Å². The molecule has 2 amide bonds. The molecule has 0 aromatic heterocycles. The highest BCUT2D eigenvalue weighted by atomic mass is 16.3. The maximum Gasteiger partial charge on any atom is 0.318 e. The Hall–Kier alpha value is -2.33. The maximum absolute atomic E-state index is 12.4. The Bertz CT molecular complexity index is 533. The molecular formula is C18H22N2O2. The van der Waals surface area contributed by atoms with E-state index < -0.39 is 0 Å². The van der Waals surface area contributed by atoms with Crippen LogP contribution >= 0.6 is 0 Å². The average molecular weight is 298 g/mol. The molecule has 4 heteroatoms. The van der Waals surface area contributed by atoms with Gasteiger partial charge in [-0.05, 0) is 18.1 Å². The van der Waals surface area contributed by atoms with Crippen molar-refractivity contribution in [3.8, 4) is 0 Å². The zero-order valence-corrected chi connectivity index (χ0v) is 12.8. The number of rotatable bonds is 6. The second kappa shape index (κ2) is 8.20. The molecule has 2 aromatic rings. The van der Waals surface area contributed by atoms with Crippen LogP contribution < -0.4 is 5.32 Å². The Labute approximate surface area is 131 Å². The molecule has 2 rings (SSSR count). The summed E-state index contributed by atoms with van der Waals surface area (Å²) in [6, 6.07) is 19.4. The largest absolute Gasteiger partial charge is 0.395 e. The fraction of sp³-hybridized carbons (Fsp3) is 0.278.